The molecular formula is C11H16ClN3O. The van der Waals surface area contributed by atoms with E-state index < -0.39 is 0 Å². The Kier molecular flexibility index (Phi) is 3.83. The van der Waals surface area contributed by atoms with E-state index in [1.54, 1.807) is 12.3 Å². The van der Waals surface area contributed by atoms with E-state index in [0.717, 1.165) is 18.8 Å². The lowest BCUT2D eigenvalue weighted by Gasteiger charge is -2.28. The molecule has 1 aliphatic heterocycles. The second-order valence-corrected chi connectivity index (χ2v) is 4.39. The van der Waals surface area contributed by atoms with Crippen LogP contribution in [0.15, 0.2) is 17.1 Å². The van der Waals surface area contributed by atoms with Gasteiger partial charge < -0.3 is 4.90 Å². The monoisotopic (exact) mass is 241 g/mol. The van der Waals surface area contributed by atoms with Gasteiger partial charge in [0.1, 0.15) is 0 Å². The third kappa shape index (κ3) is 2.55. The van der Waals surface area contributed by atoms with Gasteiger partial charge in [-0.2, -0.15) is 5.10 Å². The van der Waals surface area contributed by atoms with Crippen LogP contribution in [0.2, 0.25) is 0 Å². The second kappa shape index (κ2) is 5.34. The average Bonchev–Trinajstić information content (AvgIpc) is 2.33. The van der Waals surface area contributed by atoms with E-state index in [0.29, 0.717) is 12.4 Å². The number of rotatable bonds is 3. The van der Waals surface area contributed by atoms with E-state index >= 15 is 0 Å². The summed E-state index contributed by atoms with van der Waals surface area (Å²) < 4.78 is 1.40. The van der Waals surface area contributed by atoms with Crippen LogP contribution in [-0.2, 0) is 6.54 Å². The molecule has 0 radical (unpaired) electrons. The minimum absolute atomic E-state index is 0.0660. The number of piperidine rings is 1. The van der Waals surface area contributed by atoms with Crippen LogP contribution < -0.4 is 10.5 Å². The van der Waals surface area contributed by atoms with Crippen LogP contribution in [0.3, 0.4) is 0 Å². The molecule has 4 nitrogen and oxygen atoms in total. The highest BCUT2D eigenvalue weighted by Crippen LogP contribution is 2.16. The van der Waals surface area contributed by atoms with Gasteiger partial charge in [-0.15, -0.1) is 11.6 Å². The van der Waals surface area contributed by atoms with E-state index in [-0.39, 0.29) is 5.56 Å². The molecule has 16 heavy (non-hydrogen) atoms. The Morgan fingerprint density at radius 3 is 2.69 bits per heavy atom. The van der Waals surface area contributed by atoms with Crippen molar-refractivity contribution in [1.82, 2.24) is 9.78 Å². The van der Waals surface area contributed by atoms with Gasteiger partial charge in [0.15, 0.2) is 0 Å². The highest BCUT2D eigenvalue weighted by molar-refractivity contribution is 6.17. The van der Waals surface area contributed by atoms with Crippen LogP contribution in [-0.4, -0.2) is 28.8 Å². The Morgan fingerprint density at radius 1 is 1.31 bits per heavy atom. The number of anilines is 1. The summed E-state index contributed by atoms with van der Waals surface area (Å²) in [6.45, 7) is 2.53. The van der Waals surface area contributed by atoms with Gasteiger partial charge in [0.05, 0.1) is 18.4 Å². The fourth-order valence-electron chi connectivity index (χ4n) is 2.00. The smallest absolute Gasteiger partial charge is 0.268 e. The van der Waals surface area contributed by atoms with Gasteiger partial charge >= 0.3 is 0 Å². The zero-order chi connectivity index (χ0) is 11.4. The molecular weight excluding hydrogens is 226 g/mol. The Bertz CT molecular complexity index is 398. The molecule has 0 bridgehead atoms. The summed E-state index contributed by atoms with van der Waals surface area (Å²) in [5.74, 6) is 0.413. The van der Waals surface area contributed by atoms with Crippen molar-refractivity contribution in [2.24, 2.45) is 0 Å². The lowest BCUT2D eigenvalue weighted by atomic mass is 10.1. The average molecular weight is 242 g/mol. The number of hydrogen-bond donors (Lipinski definition) is 0. The number of aromatic nitrogens is 2. The predicted molar refractivity (Wildman–Crippen MR) is 65.3 cm³/mol. The molecule has 0 unspecified atom stereocenters. The van der Waals surface area contributed by atoms with Crippen molar-refractivity contribution in [2.45, 2.75) is 25.8 Å². The molecule has 1 aromatic heterocycles. The summed E-state index contributed by atoms with van der Waals surface area (Å²) in [6.07, 6.45) is 5.45. The zero-order valence-electron chi connectivity index (χ0n) is 9.23. The Hall–Kier alpha value is -1.03. The molecule has 2 rings (SSSR count). The molecule has 0 spiro atoms. The van der Waals surface area contributed by atoms with Gasteiger partial charge in [-0.1, -0.05) is 0 Å². The van der Waals surface area contributed by atoms with Crippen molar-refractivity contribution < 1.29 is 0 Å². The van der Waals surface area contributed by atoms with Crippen LogP contribution in [0, 0.1) is 0 Å². The first kappa shape index (κ1) is 11.5. The van der Waals surface area contributed by atoms with Crippen LogP contribution in [0.1, 0.15) is 19.3 Å². The molecule has 0 aromatic carbocycles. The molecule has 2 heterocycles. The molecule has 0 amide bonds. The predicted octanol–water partition coefficient (Wildman–Crippen LogP) is 1.47. The first-order chi connectivity index (χ1) is 7.81. The molecule has 1 aromatic rings. The lowest BCUT2D eigenvalue weighted by Crippen LogP contribution is -2.32. The van der Waals surface area contributed by atoms with Gasteiger partial charge in [0, 0.05) is 25.0 Å². The van der Waals surface area contributed by atoms with Gasteiger partial charge in [-0.05, 0) is 19.3 Å². The van der Waals surface area contributed by atoms with Crippen LogP contribution in [0.25, 0.3) is 0 Å². The molecule has 0 saturated carbocycles. The van der Waals surface area contributed by atoms with Crippen molar-refractivity contribution in [3.63, 3.8) is 0 Å². The molecule has 1 fully saturated rings. The minimum Gasteiger partial charge on any atom is -0.370 e. The summed E-state index contributed by atoms with van der Waals surface area (Å²) in [7, 11) is 0. The van der Waals surface area contributed by atoms with E-state index in [1.807, 2.05) is 0 Å². The molecule has 0 atom stereocenters. The highest BCUT2D eigenvalue weighted by atomic mass is 35.5. The molecule has 1 aliphatic rings. The lowest BCUT2D eigenvalue weighted by molar-refractivity contribution is 0.569. The molecule has 5 heteroatoms. The maximum absolute atomic E-state index is 11.7. The van der Waals surface area contributed by atoms with Gasteiger partial charge in [-0.3, -0.25) is 4.79 Å². The van der Waals surface area contributed by atoms with E-state index in [9.17, 15) is 4.79 Å². The topological polar surface area (TPSA) is 38.1 Å². The maximum atomic E-state index is 11.7. The Balaban J connectivity index is 2.16. The van der Waals surface area contributed by atoms with Crippen LogP contribution >= 0.6 is 11.6 Å². The number of halogens is 1. The normalized spacial score (nSPS) is 16.4. The van der Waals surface area contributed by atoms with E-state index in [4.69, 9.17) is 11.6 Å². The number of alkyl halides is 1. The van der Waals surface area contributed by atoms with Crippen LogP contribution in [0.4, 0.5) is 5.69 Å². The SMILES string of the molecule is O=c1cc(N2CCCCC2)cnn1CCCl. The third-order valence-electron chi connectivity index (χ3n) is 2.87. The van der Waals surface area contributed by atoms with Crippen molar-refractivity contribution in [3.05, 3.63) is 22.6 Å². The van der Waals surface area contributed by atoms with Crippen molar-refractivity contribution in [2.75, 3.05) is 23.9 Å². The highest BCUT2D eigenvalue weighted by Gasteiger charge is 2.12. The zero-order valence-corrected chi connectivity index (χ0v) is 9.99. The Labute approximate surface area is 99.8 Å². The number of nitrogens with zero attached hydrogens (tertiary/aromatic N) is 3. The Morgan fingerprint density at radius 2 is 2.06 bits per heavy atom. The fourth-order valence-corrected chi connectivity index (χ4v) is 2.16. The molecule has 0 N–H and O–H groups in total. The summed E-state index contributed by atoms with van der Waals surface area (Å²) in [4.78, 5) is 13.9. The van der Waals surface area contributed by atoms with Crippen molar-refractivity contribution in [1.29, 1.82) is 0 Å². The summed E-state index contributed by atoms with van der Waals surface area (Å²) in [5.41, 5.74) is 0.874. The van der Waals surface area contributed by atoms with Crippen LogP contribution in [0.5, 0.6) is 0 Å². The number of hydrogen-bond acceptors (Lipinski definition) is 3. The fraction of sp³-hybridized carbons (Fsp3) is 0.636. The third-order valence-corrected chi connectivity index (χ3v) is 3.04. The largest absolute Gasteiger partial charge is 0.370 e. The van der Waals surface area contributed by atoms with Gasteiger partial charge in [0.25, 0.3) is 5.56 Å². The quantitative estimate of drug-likeness (QED) is 0.753. The van der Waals surface area contributed by atoms with Crippen molar-refractivity contribution >= 4 is 17.3 Å². The number of aryl methyl sites for hydroxylation is 1. The van der Waals surface area contributed by atoms with E-state index in [2.05, 4.69) is 10.00 Å². The first-order valence-electron chi connectivity index (χ1n) is 5.69. The molecule has 88 valence electrons. The molecule has 1 saturated heterocycles. The van der Waals surface area contributed by atoms with E-state index in [1.165, 1.54) is 23.9 Å². The van der Waals surface area contributed by atoms with Gasteiger partial charge in [-0.25, -0.2) is 4.68 Å². The molecule has 0 aliphatic carbocycles. The minimum atomic E-state index is -0.0660. The maximum Gasteiger partial charge on any atom is 0.268 e. The first-order valence-corrected chi connectivity index (χ1v) is 6.23. The summed E-state index contributed by atoms with van der Waals surface area (Å²) in [6, 6.07) is 1.66. The van der Waals surface area contributed by atoms with Crippen molar-refractivity contribution in [3.8, 4) is 0 Å². The second-order valence-electron chi connectivity index (χ2n) is 4.01. The van der Waals surface area contributed by atoms with Gasteiger partial charge in [0.2, 0.25) is 0 Å². The summed E-state index contributed by atoms with van der Waals surface area (Å²) in [5, 5.41) is 4.12. The standard InChI is InChI=1S/C11H16ClN3O/c12-4-7-15-11(16)8-10(9-13-15)14-5-2-1-3-6-14/h8-9H,1-7H2. The summed E-state index contributed by atoms with van der Waals surface area (Å²) >= 11 is 5.59.